The Morgan fingerprint density at radius 1 is 1.32 bits per heavy atom. The molecule has 0 heterocycles. The van der Waals surface area contributed by atoms with Crippen LogP contribution < -0.4 is 10.6 Å². The van der Waals surface area contributed by atoms with Crippen molar-refractivity contribution >= 4 is 23.4 Å². The summed E-state index contributed by atoms with van der Waals surface area (Å²) in [4.78, 5) is 22.4. The fraction of sp³-hybridized carbons (Fsp3) is 0.385. The van der Waals surface area contributed by atoms with Gasteiger partial charge in [-0.1, -0.05) is 13.3 Å². The number of benzene rings is 1. The molecule has 5 nitrogen and oxygen atoms in total. The molecular formula is C13H17FN2O3. The fourth-order valence-electron chi connectivity index (χ4n) is 1.42. The summed E-state index contributed by atoms with van der Waals surface area (Å²) in [6.45, 7) is 1.99. The number of anilines is 2. The lowest BCUT2D eigenvalue weighted by Crippen LogP contribution is -2.13. The van der Waals surface area contributed by atoms with E-state index in [1.165, 1.54) is 19.2 Å². The van der Waals surface area contributed by atoms with E-state index in [1.807, 2.05) is 6.92 Å². The maximum atomic E-state index is 13.6. The van der Waals surface area contributed by atoms with Crippen LogP contribution in [0.15, 0.2) is 18.2 Å². The van der Waals surface area contributed by atoms with Crippen LogP contribution in [0.1, 0.15) is 26.2 Å². The van der Waals surface area contributed by atoms with Gasteiger partial charge in [-0.2, -0.15) is 0 Å². The zero-order valence-electron chi connectivity index (χ0n) is 11.0. The molecule has 0 fully saturated rings. The van der Waals surface area contributed by atoms with Gasteiger partial charge in [-0.15, -0.1) is 0 Å². The fourth-order valence-corrected chi connectivity index (χ4v) is 1.42. The Bertz CT molecular complexity index is 463. The second-order valence-corrected chi connectivity index (χ2v) is 3.96. The number of halogens is 1. The van der Waals surface area contributed by atoms with Crippen LogP contribution in [0.2, 0.25) is 0 Å². The molecule has 2 N–H and O–H groups in total. The van der Waals surface area contributed by atoms with Gasteiger partial charge in [-0.05, 0) is 24.6 Å². The van der Waals surface area contributed by atoms with E-state index in [1.54, 1.807) is 0 Å². The van der Waals surface area contributed by atoms with Crippen molar-refractivity contribution in [2.24, 2.45) is 0 Å². The van der Waals surface area contributed by atoms with Crippen LogP contribution in [0.3, 0.4) is 0 Å². The molecule has 6 heteroatoms. The van der Waals surface area contributed by atoms with Crippen molar-refractivity contribution in [1.82, 2.24) is 0 Å². The lowest BCUT2D eigenvalue weighted by Gasteiger charge is -2.08. The van der Waals surface area contributed by atoms with Gasteiger partial charge in [0.05, 0.1) is 12.8 Å². The SMILES string of the molecule is CCCCC(=O)Nc1ccc(NC(=O)OC)c(F)c1. The highest BCUT2D eigenvalue weighted by Crippen LogP contribution is 2.19. The zero-order valence-corrected chi connectivity index (χ0v) is 11.0. The monoisotopic (exact) mass is 268 g/mol. The minimum absolute atomic E-state index is 0.00147. The summed E-state index contributed by atoms with van der Waals surface area (Å²) in [5.74, 6) is -0.798. The Hall–Kier alpha value is -2.11. The highest BCUT2D eigenvalue weighted by atomic mass is 19.1. The summed E-state index contributed by atoms with van der Waals surface area (Å²) >= 11 is 0. The van der Waals surface area contributed by atoms with Crippen molar-refractivity contribution in [3.05, 3.63) is 24.0 Å². The molecule has 0 radical (unpaired) electrons. The molecule has 0 bridgehead atoms. The van der Waals surface area contributed by atoms with Gasteiger partial charge < -0.3 is 10.1 Å². The smallest absolute Gasteiger partial charge is 0.411 e. The minimum atomic E-state index is -0.751. The largest absolute Gasteiger partial charge is 0.453 e. The second kappa shape index (κ2) is 7.35. The number of rotatable bonds is 5. The number of hydrogen-bond donors (Lipinski definition) is 2. The minimum Gasteiger partial charge on any atom is -0.453 e. The third kappa shape index (κ3) is 4.95. The molecular weight excluding hydrogens is 251 g/mol. The van der Waals surface area contributed by atoms with Crippen LogP contribution in [-0.4, -0.2) is 19.1 Å². The molecule has 1 aromatic carbocycles. The Balaban J connectivity index is 2.66. The van der Waals surface area contributed by atoms with Crippen LogP contribution in [0, 0.1) is 5.82 Å². The van der Waals surface area contributed by atoms with Gasteiger partial charge in [-0.25, -0.2) is 9.18 Å². The molecule has 0 aliphatic carbocycles. The predicted octanol–water partition coefficient (Wildman–Crippen LogP) is 3.13. The standard InChI is InChI=1S/C13H17FN2O3/c1-3-4-5-12(17)15-9-6-7-11(10(14)8-9)16-13(18)19-2/h6-8H,3-5H2,1-2H3,(H,15,17)(H,16,18). The van der Waals surface area contributed by atoms with Gasteiger partial charge in [0.15, 0.2) is 0 Å². The van der Waals surface area contributed by atoms with Gasteiger partial charge >= 0.3 is 6.09 Å². The Morgan fingerprint density at radius 3 is 2.63 bits per heavy atom. The highest BCUT2D eigenvalue weighted by molar-refractivity contribution is 5.91. The van der Waals surface area contributed by atoms with Gasteiger partial charge in [0.25, 0.3) is 0 Å². The Morgan fingerprint density at radius 2 is 2.05 bits per heavy atom. The third-order valence-electron chi connectivity index (χ3n) is 2.43. The van der Waals surface area contributed by atoms with Crippen LogP contribution in [-0.2, 0) is 9.53 Å². The van der Waals surface area contributed by atoms with E-state index in [9.17, 15) is 14.0 Å². The van der Waals surface area contributed by atoms with Crippen molar-refractivity contribution < 1.29 is 18.7 Å². The number of nitrogens with one attached hydrogen (secondary N) is 2. The van der Waals surface area contributed by atoms with E-state index in [0.29, 0.717) is 12.1 Å². The van der Waals surface area contributed by atoms with E-state index in [0.717, 1.165) is 18.9 Å². The first kappa shape index (κ1) is 14.9. The zero-order chi connectivity index (χ0) is 14.3. The molecule has 19 heavy (non-hydrogen) atoms. The number of hydrogen-bond acceptors (Lipinski definition) is 3. The molecule has 2 amide bonds. The van der Waals surface area contributed by atoms with Crippen molar-refractivity contribution in [1.29, 1.82) is 0 Å². The molecule has 0 aromatic heterocycles. The molecule has 0 aliphatic heterocycles. The highest BCUT2D eigenvalue weighted by Gasteiger charge is 2.08. The van der Waals surface area contributed by atoms with Crippen LogP contribution in [0.25, 0.3) is 0 Å². The number of ether oxygens (including phenoxy) is 1. The molecule has 1 rings (SSSR count). The Kier molecular flexibility index (Phi) is 5.78. The van der Waals surface area contributed by atoms with Crippen LogP contribution >= 0.6 is 0 Å². The van der Waals surface area contributed by atoms with Crippen molar-refractivity contribution in [3.63, 3.8) is 0 Å². The molecule has 0 saturated carbocycles. The molecule has 104 valence electrons. The van der Waals surface area contributed by atoms with E-state index in [-0.39, 0.29) is 11.6 Å². The molecule has 1 aromatic rings. The van der Waals surface area contributed by atoms with Gasteiger partial charge in [0, 0.05) is 12.1 Å². The number of methoxy groups -OCH3 is 1. The van der Waals surface area contributed by atoms with Crippen LogP contribution in [0.5, 0.6) is 0 Å². The lowest BCUT2D eigenvalue weighted by atomic mass is 10.2. The average Bonchev–Trinajstić information content (AvgIpc) is 2.39. The molecule has 0 unspecified atom stereocenters. The summed E-state index contributed by atoms with van der Waals surface area (Å²) in [7, 11) is 1.19. The van der Waals surface area contributed by atoms with Gasteiger partial charge in [0.2, 0.25) is 5.91 Å². The van der Waals surface area contributed by atoms with E-state index < -0.39 is 11.9 Å². The summed E-state index contributed by atoms with van der Waals surface area (Å²) in [6.07, 6.45) is 1.36. The first-order chi connectivity index (χ1) is 9.06. The normalized spacial score (nSPS) is 9.84. The molecule has 0 atom stereocenters. The number of carbonyl (C=O) groups is 2. The van der Waals surface area contributed by atoms with Crippen LogP contribution in [0.4, 0.5) is 20.6 Å². The maximum Gasteiger partial charge on any atom is 0.411 e. The topological polar surface area (TPSA) is 67.4 Å². The Labute approximate surface area is 111 Å². The quantitative estimate of drug-likeness (QED) is 0.862. The van der Waals surface area contributed by atoms with Crippen molar-refractivity contribution in [2.75, 3.05) is 17.7 Å². The van der Waals surface area contributed by atoms with E-state index in [2.05, 4.69) is 15.4 Å². The third-order valence-corrected chi connectivity index (χ3v) is 2.43. The number of carbonyl (C=O) groups excluding carboxylic acids is 2. The number of unbranched alkanes of at least 4 members (excludes halogenated alkanes) is 1. The van der Waals surface area contributed by atoms with Crippen molar-refractivity contribution in [2.45, 2.75) is 26.2 Å². The van der Waals surface area contributed by atoms with E-state index >= 15 is 0 Å². The number of amides is 2. The predicted molar refractivity (Wildman–Crippen MR) is 70.6 cm³/mol. The second-order valence-electron chi connectivity index (χ2n) is 3.96. The molecule has 0 saturated heterocycles. The average molecular weight is 268 g/mol. The van der Waals surface area contributed by atoms with Gasteiger partial charge in [0.1, 0.15) is 5.82 Å². The first-order valence-electron chi connectivity index (χ1n) is 6.01. The molecule has 0 spiro atoms. The lowest BCUT2D eigenvalue weighted by molar-refractivity contribution is -0.116. The maximum absolute atomic E-state index is 13.6. The summed E-state index contributed by atoms with van der Waals surface area (Å²) < 4.78 is 18.0. The van der Waals surface area contributed by atoms with Crippen molar-refractivity contribution in [3.8, 4) is 0 Å². The summed E-state index contributed by atoms with van der Waals surface area (Å²) in [6, 6.07) is 4.02. The molecule has 0 aliphatic rings. The summed E-state index contributed by atoms with van der Waals surface area (Å²) in [5.41, 5.74) is 0.354. The summed E-state index contributed by atoms with van der Waals surface area (Å²) in [5, 5.41) is 4.82. The van der Waals surface area contributed by atoms with Gasteiger partial charge in [-0.3, -0.25) is 10.1 Å². The van der Waals surface area contributed by atoms with E-state index in [4.69, 9.17) is 0 Å². The first-order valence-corrected chi connectivity index (χ1v) is 6.01.